The van der Waals surface area contributed by atoms with Crippen LogP contribution in [0.25, 0.3) is 5.65 Å². The fraction of sp³-hybridized carbons (Fsp3) is 0.423. The van der Waals surface area contributed by atoms with E-state index in [1.807, 2.05) is 11.4 Å². The smallest absolute Gasteiger partial charge is 0.256 e. The third-order valence-corrected chi connectivity index (χ3v) is 6.44. The maximum Gasteiger partial charge on any atom is 0.256 e. The molecule has 31 heavy (non-hydrogen) atoms. The minimum Gasteiger partial charge on any atom is -0.352 e. The number of fused-ring (bicyclic) bond motifs is 1. The third kappa shape index (κ3) is 4.55. The molecule has 5 nitrogen and oxygen atoms in total. The first-order valence-corrected chi connectivity index (χ1v) is 11.3. The van der Waals surface area contributed by atoms with E-state index in [4.69, 9.17) is 4.98 Å². The second kappa shape index (κ2) is 9.04. The Morgan fingerprint density at radius 2 is 2.00 bits per heavy atom. The molecule has 3 aromatic rings. The second-order valence-electron chi connectivity index (χ2n) is 8.78. The van der Waals surface area contributed by atoms with Gasteiger partial charge in [-0.2, -0.15) is 5.10 Å². The van der Waals surface area contributed by atoms with Gasteiger partial charge in [0, 0.05) is 24.4 Å². The molecular weight excluding hydrogens is 384 g/mol. The number of amides is 1. The molecule has 0 radical (unpaired) electrons. The summed E-state index contributed by atoms with van der Waals surface area (Å²) in [5.41, 5.74) is 9.63. The van der Waals surface area contributed by atoms with Crippen molar-refractivity contribution in [3.05, 3.63) is 75.3 Å². The average molecular weight is 417 g/mol. The standard InChI is InChI=1S/C26H32N4O/c1-17-10-11-18(2)22(14-17)15-23-19(3)29-25-24(16-28-30(25)20(23)4)26(31)27-13-12-21-8-6-5-7-9-21/h8,10-11,14,16H,5-7,9,12-13,15H2,1-4H3,(H,27,31). The van der Waals surface area contributed by atoms with E-state index in [-0.39, 0.29) is 5.91 Å². The van der Waals surface area contributed by atoms with Gasteiger partial charge >= 0.3 is 0 Å². The first-order valence-electron chi connectivity index (χ1n) is 11.3. The van der Waals surface area contributed by atoms with Gasteiger partial charge < -0.3 is 5.32 Å². The molecule has 0 atom stereocenters. The van der Waals surface area contributed by atoms with Crippen LogP contribution in [0.2, 0.25) is 0 Å². The van der Waals surface area contributed by atoms with Crippen LogP contribution in [0.1, 0.15) is 76.1 Å². The minimum atomic E-state index is -0.0972. The monoisotopic (exact) mass is 416 g/mol. The lowest BCUT2D eigenvalue weighted by molar-refractivity contribution is 0.0955. The molecule has 1 aliphatic carbocycles. The van der Waals surface area contributed by atoms with E-state index >= 15 is 0 Å². The highest BCUT2D eigenvalue weighted by atomic mass is 16.1. The molecule has 0 saturated heterocycles. The molecule has 4 rings (SSSR count). The lowest BCUT2D eigenvalue weighted by atomic mass is 9.97. The van der Waals surface area contributed by atoms with Crippen LogP contribution in [-0.2, 0) is 6.42 Å². The predicted octanol–water partition coefficient (Wildman–Crippen LogP) is 5.17. The van der Waals surface area contributed by atoms with Crippen LogP contribution in [0, 0.1) is 27.7 Å². The summed E-state index contributed by atoms with van der Waals surface area (Å²) in [7, 11) is 0. The van der Waals surface area contributed by atoms with E-state index in [0.29, 0.717) is 17.8 Å². The van der Waals surface area contributed by atoms with Crippen molar-refractivity contribution in [2.45, 2.75) is 66.2 Å². The van der Waals surface area contributed by atoms with Crippen LogP contribution < -0.4 is 5.32 Å². The van der Waals surface area contributed by atoms with Crippen LogP contribution in [0.3, 0.4) is 0 Å². The zero-order valence-electron chi connectivity index (χ0n) is 19.1. The van der Waals surface area contributed by atoms with Gasteiger partial charge in [-0.15, -0.1) is 0 Å². The van der Waals surface area contributed by atoms with E-state index in [2.05, 4.69) is 55.5 Å². The molecule has 1 aromatic carbocycles. The zero-order chi connectivity index (χ0) is 22.0. The molecule has 5 heteroatoms. The molecule has 1 amide bonds. The number of nitrogens with one attached hydrogen (secondary N) is 1. The van der Waals surface area contributed by atoms with E-state index in [1.165, 1.54) is 47.1 Å². The number of aromatic nitrogens is 3. The van der Waals surface area contributed by atoms with Crippen molar-refractivity contribution in [1.29, 1.82) is 0 Å². The Labute approximate surface area is 184 Å². The van der Waals surface area contributed by atoms with E-state index < -0.39 is 0 Å². The van der Waals surface area contributed by atoms with Crippen molar-refractivity contribution in [2.24, 2.45) is 0 Å². The number of nitrogens with zero attached hydrogens (tertiary/aromatic N) is 3. The van der Waals surface area contributed by atoms with Crippen LogP contribution in [0.5, 0.6) is 0 Å². The number of carbonyl (C=O) groups is 1. The van der Waals surface area contributed by atoms with Crippen LogP contribution in [-0.4, -0.2) is 27.0 Å². The van der Waals surface area contributed by atoms with E-state index in [9.17, 15) is 4.79 Å². The van der Waals surface area contributed by atoms with Crippen LogP contribution in [0.4, 0.5) is 0 Å². The molecule has 0 fully saturated rings. The summed E-state index contributed by atoms with van der Waals surface area (Å²) >= 11 is 0. The van der Waals surface area contributed by atoms with Gasteiger partial charge in [0.2, 0.25) is 0 Å². The Morgan fingerprint density at radius 3 is 2.77 bits per heavy atom. The summed E-state index contributed by atoms with van der Waals surface area (Å²) in [5.74, 6) is -0.0972. The highest BCUT2D eigenvalue weighted by Crippen LogP contribution is 2.23. The fourth-order valence-corrected chi connectivity index (χ4v) is 4.47. The third-order valence-electron chi connectivity index (χ3n) is 6.44. The molecule has 0 bridgehead atoms. The molecule has 2 heterocycles. The predicted molar refractivity (Wildman–Crippen MR) is 125 cm³/mol. The van der Waals surface area contributed by atoms with Gasteiger partial charge in [0.1, 0.15) is 5.56 Å². The molecule has 0 unspecified atom stereocenters. The van der Waals surface area contributed by atoms with Crippen molar-refractivity contribution in [3.63, 3.8) is 0 Å². The highest BCUT2D eigenvalue weighted by molar-refractivity contribution is 5.99. The zero-order valence-corrected chi connectivity index (χ0v) is 19.1. The Morgan fingerprint density at radius 1 is 1.16 bits per heavy atom. The summed E-state index contributed by atoms with van der Waals surface area (Å²) in [6, 6.07) is 6.55. The lowest BCUT2D eigenvalue weighted by Crippen LogP contribution is -2.25. The number of hydrogen-bond acceptors (Lipinski definition) is 3. The van der Waals surface area contributed by atoms with E-state index in [0.717, 1.165) is 30.7 Å². The van der Waals surface area contributed by atoms with Crippen LogP contribution in [0.15, 0.2) is 36.0 Å². The first-order chi connectivity index (χ1) is 14.9. The van der Waals surface area contributed by atoms with Gasteiger partial charge in [0.15, 0.2) is 5.65 Å². The summed E-state index contributed by atoms with van der Waals surface area (Å²) in [6.45, 7) is 9.01. The Bertz CT molecular complexity index is 1160. The normalized spacial score (nSPS) is 14.0. The van der Waals surface area contributed by atoms with Crippen molar-refractivity contribution in [2.75, 3.05) is 6.54 Å². The molecule has 1 N–H and O–H groups in total. The highest BCUT2D eigenvalue weighted by Gasteiger charge is 2.19. The summed E-state index contributed by atoms with van der Waals surface area (Å²) in [6.07, 6.45) is 10.6. The lowest BCUT2D eigenvalue weighted by Gasteiger charge is -2.14. The maximum absolute atomic E-state index is 12.8. The van der Waals surface area contributed by atoms with Gasteiger partial charge in [0.05, 0.1) is 6.20 Å². The minimum absolute atomic E-state index is 0.0972. The van der Waals surface area contributed by atoms with Crippen molar-refractivity contribution < 1.29 is 4.79 Å². The van der Waals surface area contributed by atoms with E-state index in [1.54, 1.807) is 6.20 Å². The Hall–Kier alpha value is -2.95. The van der Waals surface area contributed by atoms with Gasteiger partial charge in [-0.05, 0) is 76.5 Å². The van der Waals surface area contributed by atoms with Gasteiger partial charge in [-0.25, -0.2) is 9.50 Å². The maximum atomic E-state index is 12.8. The Balaban J connectivity index is 1.55. The molecular formula is C26H32N4O. The largest absolute Gasteiger partial charge is 0.352 e. The number of rotatable bonds is 6. The number of hydrogen-bond donors (Lipinski definition) is 1. The Kier molecular flexibility index (Phi) is 6.21. The van der Waals surface area contributed by atoms with Gasteiger partial charge in [-0.3, -0.25) is 4.79 Å². The quantitative estimate of drug-likeness (QED) is 0.564. The molecule has 1 aliphatic rings. The number of carbonyl (C=O) groups excluding carboxylic acids is 1. The molecule has 0 aliphatic heterocycles. The summed E-state index contributed by atoms with van der Waals surface area (Å²) in [5, 5.41) is 7.56. The average Bonchev–Trinajstić information content (AvgIpc) is 3.18. The number of benzene rings is 1. The number of allylic oxidation sites excluding steroid dienone is 1. The molecule has 0 spiro atoms. The number of aryl methyl sites for hydroxylation is 4. The topological polar surface area (TPSA) is 59.3 Å². The molecule has 0 saturated carbocycles. The molecule has 162 valence electrons. The fourth-order valence-electron chi connectivity index (χ4n) is 4.47. The van der Waals surface area contributed by atoms with Crippen molar-refractivity contribution >= 4 is 11.6 Å². The second-order valence-corrected chi connectivity index (χ2v) is 8.78. The van der Waals surface area contributed by atoms with Crippen molar-refractivity contribution in [1.82, 2.24) is 19.9 Å². The molecule has 2 aromatic heterocycles. The SMILES string of the molecule is Cc1ccc(C)c(Cc2c(C)nc3c(C(=O)NCCC4=CCCCC4)cnn3c2C)c1. The van der Waals surface area contributed by atoms with Crippen molar-refractivity contribution in [3.8, 4) is 0 Å². The summed E-state index contributed by atoms with van der Waals surface area (Å²) in [4.78, 5) is 17.6. The summed E-state index contributed by atoms with van der Waals surface area (Å²) < 4.78 is 1.81. The van der Waals surface area contributed by atoms with Gasteiger partial charge in [0.25, 0.3) is 5.91 Å². The van der Waals surface area contributed by atoms with Crippen LogP contribution >= 0.6 is 0 Å². The van der Waals surface area contributed by atoms with Gasteiger partial charge in [-0.1, -0.05) is 35.4 Å². The first kappa shape index (κ1) is 21.3.